The van der Waals surface area contributed by atoms with Crippen molar-refractivity contribution in [3.63, 3.8) is 0 Å². The van der Waals surface area contributed by atoms with Crippen molar-refractivity contribution in [2.45, 2.75) is 24.8 Å². The van der Waals surface area contributed by atoms with Gasteiger partial charge in [-0.2, -0.15) is 5.10 Å². The number of halogens is 1. The van der Waals surface area contributed by atoms with E-state index in [4.69, 9.17) is 0 Å². The molecule has 0 unspecified atom stereocenters. The van der Waals surface area contributed by atoms with E-state index in [-0.39, 0.29) is 30.8 Å². The average molecular weight is 390 g/mol. The molecule has 1 aromatic carbocycles. The Morgan fingerprint density at radius 3 is 2.70 bits per heavy atom. The summed E-state index contributed by atoms with van der Waals surface area (Å²) >= 11 is 0. The highest BCUT2D eigenvalue weighted by molar-refractivity contribution is 5.99. The minimum absolute atomic E-state index is 0. The molecule has 1 saturated heterocycles. The molecule has 0 aliphatic carbocycles. The number of fused-ring (bicyclic) bond motifs is 1. The van der Waals surface area contributed by atoms with Crippen LogP contribution >= 0.6 is 12.4 Å². The lowest BCUT2D eigenvalue weighted by Crippen LogP contribution is -2.56. The van der Waals surface area contributed by atoms with E-state index in [1.165, 1.54) is 5.56 Å². The van der Waals surface area contributed by atoms with Crippen molar-refractivity contribution in [2.75, 3.05) is 31.1 Å². The number of rotatable bonds is 4. The maximum absolute atomic E-state index is 13.0. The standard InChI is InChI=1S/C19H23N5O2.ClH/c25-17(23-13-6-15-4-1-2-5-16(15)23)14-21-18(26)19(7-10-20-11-8-19)24-12-3-9-22-24;/h1-5,9,12,20H,6-8,10-11,13-14H2,(H,21,26);1H. The zero-order chi connectivity index (χ0) is 18.0. The first-order valence-electron chi connectivity index (χ1n) is 9.08. The van der Waals surface area contributed by atoms with Crippen LogP contribution in [0.15, 0.2) is 42.7 Å². The van der Waals surface area contributed by atoms with E-state index >= 15 is 0 Å². The molecule has 8 heteroatoms. The lowest BCUT2D eigenvalue weighted by atomic mass is 9.87. The highest BCUT2D eigenvalue weighted by atomic mass is 35.5. The van der Waals surface area contributed by atoms with Crippen LogP contribution in [-0.2, 0) is 21.5 Å². The molecule has 0 saturated carbocycles. The van der Waals surface area contributed by atoms with E-state index in [0.717, 1.165) is 25.2 Å². The maximum Gasteiger partial charge on any atom is 0.248 e. The minimum Gasteiger partial charge on any atom is -0.345 e. The first-order chi connectivity index (χ1) is 12.7. The zero-order valence-electron chi connectivity index (χ0n) is 15.1. The number of hydrogen-bond donors (Lipinski definition) is 2. The van der Waals surface area contributed by atoms with Crippen LogP contribution in [0.4, 0.5) is 5.69 Å². The summed E-state index contributed by atoms with van der Waals surface area (Å²) in [5.41, 5.74) is 1.41. The van der Waals surface area contributed by atoms with E-state index in [0.29, 0.717) is 19.4 Å². The van der Waals surface area contributed by atoms with Crippen LogP contribution < -0.4 is 15.5 Å². The second-order valence-electron chi connectivity index (χ2n) is 6.84. The SMILES string of the molecule is Cl.O=C(CNC(=O)C1(n2cccn2)CCNCC1)N1CCc2ccccc21. The van der Waals surface area contributed by atoms with Crippen LogP contribution in [0.5, 0.6) is 0 Å². The fourth-order valence-electron chi connectivity index (χ4n) is 3.94. The zero-order valence-corrected chi connectivity index (χ0v) is 15.9. The molecule has 2 aliphatic heterocycles. The lowest BCUT2D eigenvalue weighted by molar-refractivity contribution is -0.133. The normalized spacial score (nSPS) is 17.7. The molecule has 27 heavy (non-hydrogen) atoms. The molecular weight excluding hydrogens is 366 g/mol. The summed E-state index contributed by atoms with van der Waals surface area (Å²) in [6.07, 6.45) is 5.67. The number of nitrogens with zero attached hydrogens (tertiary/aromatic N) is 3. The molecule has 1 aromatic heterocycles. The molecule has 3 heterocycles. The van der Waals surface area contributed by atoms with Gasteiger partial charge in [0, 0.05) is 24.6 Å². The van der Waals surface area contributed by atoms with Gasteiger partial charge >= 0.3 is 0 Å². The fourth-order valence-corrected chi connectivity index (χ4v) is 3.94. The Kier molecular flexibility index (Phi) is 5.82. The van der Waals surface area contributed by atoms with Gasteiger partial charge in [0.1, 0.15) is 5.54 Å². The second kappa shape index (κ2) is 8.10. The van der Waals surface area contributed by atoms with Crippen LogP contribution in [0.25, 0.3) is 0 Å². The van der Waals surface area contributed by atoms with Crippen molar-refractivity contribution < 1.29 is 9.59 Å². The van der Waals surface area contributed by atoms with Gasteiger partial charge in [0.2, 0.25) is 11.8 Å². The van der Waals surface area contributed by atoms with Crippen LogP contribution in [0, 0.1) is 0 Å². The van der Waals surface area contributed by atoms with Gasteiger partial charge in [-0.05, 0) is 50.0 Å². The van der Waals surface area contributed by atoms with Gasteiger partial charge in [-0.15, -0.1) is 12.4 Å². The molecule has 7 nitrogen and oxygen atoms in total. The molecule has 2 N–H and O–H groups in total. The molecule has 0 bridgehead atoms. The van der Waals surface area contributed by atoms with Crippen LogP contribution in [0.2, 0.25) is 0 Å². The van der Waals surface area contributed by atoms with E-state index in [9.17, 15) is 9.59 Å². The number of hydrogen-bond acceptors (Lipinski definition) is 4. The Hall–Kier alpha value is -2.38. The van der Waals surface area contributed by atoms with E-state index < -0.39 is 5.54 Å². The average Bonchev–Trinajstić information content (AvgIpc) is 3.36. The first-order valence-corrected chi connectivity index (χ1v) is 9.08. The summed E-state index contributed by atoms with van der Waals surface area (Å²) < 4.78 is 1.73. The van der Waals surface area contributed by atoms with Gasteiger partial charge in [-0.25, -0.2) is 0 Å². The Morgan fingerprint density at radius 1 is 1.19 bits per heavy atom. The number of carbonyl (C=O) groups is 2. The van der Waals surface area contributed by atoms with Gasteiger partial charge in [-0.1, -0.05) is 18.2 Å². The topological polar surface area (TPSA) is 79.3 Å². The smallest absolute Gasteiger partial charge is 0.248 e. The number of benzene rings is 1. The predicted octanol–water partition coefficient (Wildman–Crippen LogP) is 1.09. The van der Waals surface area contributed by atoms with Gasteiger partial charge < -0.3 is 15.5 Å². The number of nitrogens with one attached hydrogen (secondary N) is 2. The van der Waals surface area contributed by atoms with Crippen molar-refractivity contribution in [1.29, 1.82) is 0 Å². The summed E-state index contributed by atoms with van der Waals surface area (Å²) in [4.78, 5) is 27.4. The van der Waals surface area contributed by atoms with Gasteiger partial charge in [0.05, 0.1) is 6.54 Å². The summed E-state index contributed by atoms with van der Waals surface area (Å²) in [5.74, 6) is -0.212. The number of piperidine rings is 1. The second-order valence-corrected chi connectivity index (χ2v) is 6.84. The highest BCUT2D eigenvalue weighted by Crippen LogP contribution is 2.28. The molecule has 0 radical (unpaired) electrons. The van der Waals surface area contributed by atoms with Crippen molar-refractivity contribution in [1.82, 2.24) is 20.4 Å². The third-order valence-electron chi connectivity index (χ3n) is 5.38. The van der Waals surface area contributed by atoms with Crippen LogP contribution in [0.1, 0.15) is 18.4 Å². The molecule has 2 amide bonds. The van der Waals surface area contributed by atoms with Crippen molar-refractivity contribution in [3.05, 3.63) is 48.3 Å². The Bertz CT molecular complexity index is 802. The molecule has 2 aromatic rings. The van der Waals surface area contributed by atoms with E-state index in [1.54, 1.807) is 15.8 Å². The van der Waals surface area contributed by atoms with Crippen molar-refractivity contribution in [3.8, 4) is 0 Å². The van der Waals surface area contributed by atoms with Gasteiger partial charge in [0.15, 0.2) is 0 Å². The third kappa shape index (κ3) is 3.57. The Labute approximate surface area is 164 Å². The molecule has 0 atom stereocenters. The Balaban J connectivity index is 0.00000210. The largest absolute Gasteiger partial charge is 0.345 e. The van der Waals surface area contributed by atoms with E-state index in [2.05, 4.69) is 15.7 Å². The first kappa shape index (κ1) is 19.4. The van der Waals surface area contributed by atoms with E-state index in [1.807, 2.05) is 36.5 Å². The summed E-state index contributed by atoms with van der Waals surface area (Å²) in [6, 6.07) is 9.75. The Morgan fingerprint density at radius 2 is 1.96 bits per heavy atom. The summed E-state index contributed by atoms with van der Waals surface area (Å²) in [7, 11) is 0. The number of amides is 2. The quantitative estimate of drug-likeness (QED) is 0.820. The predicted molar refractivity (Wildman–Crippen MR) is 105 cm³/mol. The monoisotopic (exact) mass is 389 g/mol. The molecule has 1 fully saturated rings. The maximum atomic E-state index is 13.0. The number of carbonyl (C=O) groups excluding carboxylic acids is 2. The number of para-hydroxylation sites is 1. The van der Waals surface area contributed by atoms with Crippen LogP contribution in [-0.4, -0.2) is 47.8 Å². The lowest BCUT2D eigenvalue weighted by Gasteiger charge is -2.36. The minimum atomic E-state index is -0.724. The molecule has 2 aliphatic rings. The highest BCUT2D eigenvalue weighted by Gasteiger charge is 2.42. The molecule has 0 spiro atoms. The van der Waals surface area contributed by atoms with Gasteiger partial charge in [-0.3, -0.25) is 14.3 Å². The summed E-state index contributed by atoms with van der Waals surface area (Å²) in [5, 5.41) is 10.5. The summed E-state index contributed by atoms with van der Waals surface area (Å²) in [6.45, 7) is 2.17. The molecule has 4 rings (SSSR count). The number of aromatic nitrogens is 2. The molecule has 144 valence electrons. The van der Waals surface area contributed by atoms with Crippen LogP contribution in [0.3, 0.4) is 0 Å². The fraction of sp³-hybridized carbons (Fsp3) is 0.421. The third-order valence-corrected chi connectivity index (χ3v) is 5.38. The van der Waals surface area contributed by atoms with Gasteiger partial charge in [0.25, 0.3) is 0 Å². The molecular formula is C19H24ClN5O2. The number of anilines is 1. The van der Waals surface area contributed by atoms with Crippen molar-refractivity contribution >= 4 is 29.9 Å². The van der Waals surface area contributed by atoms with Crippen molar-refractivity contribution in [2.24, 2.45) is 0 Å².